The number of Topliss-reactive ketones (excluding diaryl/α,β-unsaturated/α-hetero) is 1. The Morgan fingerprint density at radius 1 is 1.50 bits per heavy atom. The number of carbonyl (C=O) groups excluding carboxylic acids is 1. The van der Waals surface area contributed by atoms with Crippen LogP contribution in [0, 0.1) is 5.92 Å². The molecule has 12 heavy (non-hydrogen) atoms. The minimum atomic E-state index is -0.313. The van der Waals surface area contributed by atoms with Crippen LogP contribution in [-0.4, -0.2) is 18.5 Å². The van der Waals surface area contributed by atoms with Crippen LogP contribution in [0.5, 0.6) is 0 Å². The van der Waals surface area contributed by atoms with Gasteiger partial charge in [0.05, 0.1) is 0 Å². The molecule has 0 amide bonds. The van der Waals surface area contributed by atoms with Gasteiger partial charge in [0.15, 0.2) is 5.78 Å². The van der Waals surface area contributed by atoms with E-state index in [1.165, 1.54) is 0 Å². The van der Waals surface area contributed by atoms with Crippen molar-refractivity contribution in [2.24, 2.45) is 5.92 Å². The Kier molecular flexibility index (Phi) is 4.83. The van der Waals surface area contributed by atoms with Crippen LogP contribution < -0.4 is 0 Å². The molecule has 0 radical (unpaired) electrons. The first kappa shape index (κ1) is 11.4. The predicted molar refractivity (Wildman–Crippen MR) is 50.1 cm³/mol. The van der Waals surface area contributed by atoms with Crippen molar-refractivity contribution < 1.29 is 9.53 Å². The molecule has 2 heteroatoms. The Balaban J connectivity index is 4.29. The van der Waals surface area contributed by atoms with Crippen LogP contribution in [0.25, 0.3) is 0 Å². The molecule has 0 aliphatic rings. The van der Waals surface area contributed by atoms with E-state index in [1.807, 2.05) is 20.8 Å². The zero-order valence-electron chi connectivity index (χ0n) is 8.39. The first-order valence-corrected chi connectivity index (χ1v) is 4.32. The van der Waals surface area contributed by atoms with Crippen molar-refractivity contribution in [2.45, 2.75) is 33.8 Å². The SMILES string of the molecule is C=C(C)C(=O)C(OCC)C(C)C. The van der Waals surface area contributed by atoms with Crippen molar-refractivity contribution in [3.05, 3.63) is 12.2 Å². The van der Waals surface area contributed by atoms with Crippen LogP contribution >= 0.6 is 0 Å². The molecule has 0 aromatic rings. The lowest BCUT2D eigenvalue weighted by atomic mass is 9.99. The molecule has 0 fully saturated rings. The summed E-state index contributed by atoms with van der Waals surface area (Å²) >= 11 is 0. The van der Waals surface area contributed by atoms with Crippen LogP contribution in [0.2, 0.25) is 0 Å². The molecule has 0 aliphatic heterocycles. The zero-order valence-corrected chi connectivity index (χ0v) is 8.39. The average molecular weight is 170 g/mol. The summed E-state index contributed by atoms with van der Waals surface area (Å²) in [7, 11) is 0. The fourth-order valence-corrected chi connectivity index (χ4v) is 0.993. The molecule has 0 saturated heterocycles. The van der Waals surface area contributed by atoms with Crippen molar-refractivity contribution in [3.63, 3.8) is 0 Å². The van der Waals surface area contributed by atoms with Crippen LogP contribution in [0.3, 0.4) is 0 Å². The molecule has 1 unspecified atom stereocenters. The third kappa shape index (κ3) is 3.18. The van der Waals surface area contributed by atoms with Gasteiger partial charge in [-0.25, -0.2) is 0 Å². The summed E-state index contributed by atoms with van der Waals surface area (Å²) in [6, 6.07) is 0. The third-order valence-corrected chi connectivity index (χ3v) is 1.63. The van der Waals surface area contributed by atoms with E-state index >= 15 is 0 Å². The van der Waals surface area contributed by atoms with Crippen molar-refractivity contribution in [1.29, 1.82) is 0 Å². The van der Waals surface area contributed by atoms with E-state index in [2.05, 4.69) is 6.58 Å². The number of ketones is 1. The zero-order chi connectivity index (χ0) is 9.72. The van der Waals surface area contributed by atoms with Crippen molar-refractivity contribution >= 4 is 5.78 Å². The molecule has 1 atom stereocenters. The quantitative estimate of drug-likeness (QED) is 0.591. The van der Waals surface area contributed by atoms with Gasteiger partial charge in [0.2, 0.25) is 0 Å². The molecule has 0 N–H and O–H groups in total. The lowest BCUT2D eigenvalue weighted by Crippen LogP contribution is -2.30. The molecule has 0 aliphatic carbocycles. The van der Waals surface area contributed by atoms with Crippen molar-refractivity contribution in [1.82, 2.24) is 0 Å². The molecule has 70 valence electrons. The molecule has 0 aromatic carbocycles. The van der Waals surface area contributed by atoms with E-state index in [0.717, 1.165) is 0 Å². The van der Waals surface area contributed by atoms with Gasteiger partial charge >= 0.3 is 0 Å². The van der Waals surface area contributed by atoms with E-state index in [4.69, 9.17) is 4.74 Å². The highest BCUT2D eigenvalue weighted by atomic mass is 16.5. The van der Waals surface area contributed by atoms with Crippen LogP contribution in [0.15, 0.2) is 12.2 Å². The van der Waals surface area contributed by atoms with Gasteiger partial charge in [-0.05, 0) is 25.3 Å². The normalized spacial score (nSPS) is 13.1. The number of rotatable bonds is 5. The summed E-state index contributed by atoms with van der Waals surface area (Å²) in [5.41, 5.74) is 0.571. The molecule has 0 bridgehead atoms. The Morgan fingerprint density at radius 3 is 2.25 bits per heavy atom. The van der Waals surface area contributed by atoms with Crippen LogP contribution in [0.4, 0.5) is 0 Å². The summed E-state index contributed by atoms with van der Waals surface area (Å²) in [6.45, 7) is 11.7. The van der Waals surface area contributed by atoms with E-state index in [9.17, 15) is 4.79 Å². The Hall–Kier alpha value is -0.630. The van der Waals surface area contributed by atoms with Crippen molar-refractivity contribution in [3.8, 4) is 0 Å². The van der Waals surface area contributed by atoms with Gasteiger partial charge in [-0.2, -0.15) is 0 Å². The van der Waals surface area contributed by atoms with Crippen LogP contribution in [0.1, 0.15) is 27.7 Å². The topological polar surface area (TPSA) is 26.3 Å². The second-order valence-electron chi connectivity index (χ2n) is 3.26. The van der Waals surface area contributed by atoms with Gasteiger partial charge in [-0.1, -0.05) is 20.4 Å². The first-order valence-electron chi connectivity index (χ1n) is 4.32. The lowest BCUT2D eigenvalue weighted by molar-refractivity contribution is -0.129. The lowest BCUT2D eigenvalue weighted by Gasteiger charge is -2.19. The monoisotopic (exact) mass is 170 g/mol. The van der Waals surface area contributed by atoms with Crippen molar-refractivity contribution in [2.75, 3.05) is 6.61 Å². The summed E-state index contributed by atoms with van der Waals surface area (Å²) in [5.74, 6) is 0.237. The standard InChI is InChI=1S/C10H18O2/c1-6-12-10(8(4)5)9(11)7(2)3/h8,10H,2,6H2,1,3-5H3. The van der Waals surface area contributed by atoms with E-state index in [0.29, 0.717) is 12.2 Å². The Bertz CT molecular complexity index is 171. The van der Waals surface area contributed by atoms with Gasteiger partial charge in [-0.3, -0.25) is 4.79 Å². The molecular formula is C10H18O2. The van der Waals surface area contributed by atoms with Crippen LogP contribution in [-0.2, 0) is 9.53 Å². The van der Waals surface area contributed by atoms with E-state index in [1.54, 1.807) is 6.92 Å². The average Bonchev–Trinajstić information content (AvgIpc) is 1.98. The molecule has 0 spiro atoms. The summed E-state index contributed by atoms with van der Waals surface area (Å²) in [6.07, 6.45) is -0.313. The van der Waals surface area contributed by atoms with Gasteiger partial charge < -0.3 is 4.74 Å². The maximum Gasteiger partial charge on any atom is 0.186 e. The molecule has 0 aromatic heterocycles. The number of carbonyl (C=O) groups is 1. The predicted octanol–water partition coefficient (Wildman–Crippen LogP) is 2.19. The minimum Gasteiger partial charge on any atom is -0.370 e. The second-order valence-corrected chi connectivity index (χ2v) is 3.26. The van der Waals surface area contributed by atoms with E-state index < -0.39 is 0 Å². The highest BCUT2D eigenvalue weighted by molar-refractivity contribution is 5.97. The maximum atomic E-state index is 11.4. The molecular weight excluding hydrogens is 152 g/mol. The summed E-state index contributed by atoms with van der Waals surface area (Å²) < 4.78 is 5.32. The molecule has 0 saturated carbocycles. The summed E-state index contributed by atoms with van der Waals surface area (Å²) in [4.78, 5) is 11.4. The third-order valence-electron chi connectivity index (χ3n) is 1.63. The fourth-order valence-electron chi connectivity index (χ4n) is 0.993. The molecule has 0 rings (SSSR count). The second kappa shape index (κ2) is 5.09. The number of ether oxygens (including phenoxy) is 1. The van der Waals surface area contributed by atoms with E-state index in [-0.39, 0.29) is 17.8 Å². The largest absolute Gasteiger partial charge is 0.370 e. The number of hydrogen-bond donors (Lipinski definition) is 0. The first-order chi connectivity index (χ1) is 5.50. The molecule has 2 nitrogen and oxygen atoms in total. The summed E-state index contributed by atoms with van der Waals surface area (Å²) in [5, 5.41) is 0. The Labute approximate surface area is 74.6 Å². The Morgan fingerprint density at radius 2 is 2.00 bits per heavy atom. The maximum absolute atomic E-state index is 11.4. The van der Waals surface area contributed by atoms with Gasteiger partial charge in [-0.15, -0.1) is 0 Å². The molecule has 0 heterocycles. The number of hydrogen-bond acceptors (Lipinski definition) is 2. The van der Waals surface area contributed by atoms with Gasteiger partial charge in [0.25, 0.3) is 0 Å². The highest BCUT2D eigenvalue weighted by Crippen LogP contribution is 2.11. The smallest absolute Gasteiger partial charge is 0.186 e. The van der Waals surface area contributed by atoms with Gasteiger partial charge in [0.1, 0.15) is 6.10 Å². The fraction of sp³-hybridized carbons (Fsp3) is 0.700. The minimum absolute atomic E-state index is 0.0202. The van der Waals surface area contributed by atoms with Gasteiger partial charge in [0, 0.05) is 6.61 Å². The highest BCUT2D eigenvalue weighted by Gasteiger charge is 2.22.